The molecule has 0 aromatic rings. The molecule has 0 N–H and O–H groups in total. The van der Waals surface area contributed by atoms with Gasteiger partial charge in [-0.2, -0.15) is 0 Å². The average molecular weight is 230 g/mol. The van der Waals surface area contributed by atoms with Gasteiger partial charge in [-0.25, -0.2) is 0 Å². The molecule has 0 aromatic heterocycles. The van der Waals surface area contributed by atoms with Gasteiger partial charge < -0.3 is 9.53 Å². The Balaban J connectivity index is 0. The lowest BCUT2D eigenvalue weighted by molar-refractivity contribution is -0.145. The Labute approximate surface area is 99.6 Å². The molecule has 0 aliphatic heterocycles. The van der Waals surface area contributed by atoms with Gasteiger partial charge in [0.25, 0.3) is 0 Å². The lowest BCUT2D eigenvalue weighted by Gasteiger charge is -2.12. The van der Waals surface area contributed by atoms with Crippen LogP contribution in [0.5, 0.6) is 0 Å². The van der Waals surface area contributed by atoms with Crippen molar-refractivity contribution in [2.24, 2.45) is 5.92 Å². The van der Waals surface area contributed by atoms with Crippen LogP contribution in [0.1, 0.15) is 59.3 Å². The fourth-order valence-corrected chi connectivity index (χ4v) is 1.33. The second-order valence-corrected chi connectivity index (χ2v) is 3.82. The Morgan fingerprint density at radius 2 is 1.69 bits per heavy atom. The summed E-state index contributed by atoms with van der Waals surface area (Å²) in [4.78, 5) is 19.2. The third kappa shape index (κ3) is 11.2. The first-order chi connectivity index (χ1) is 7.74. The van der Waals surface area contributed by atoms with Crippen molar-refractivity contribution < 1.29 is 14.3 Å². The van der Waals surface area contributed by atoms with Crippen LogP contribution in [0.2, 0.25) is 0 Å². The van der Waals surface area contributed by atoms with Crippen LogP contribution in [-0.4, -0.2) is 19.4 Å². The molecule has 0 bridgehead atoms. The third-order valence-electron chi connectivity index (χ3n) is 2.62. The number of hydrogen-bond acceptors (Lipinski definition) is 3. The number of carbonyl (C=O) groups is 2. The number of carbonyl (C=O) groups excluding carboxylic acids is 2. The summed E-state index contributed by atoms with van der Waals surface area (Å²) in [5.74, 6) is 0.524. The Bertz CT molecular complexity index is 153. The van der Waals surface area contributed by atoms with Crippen molar-refractivity contribution in [3.05, 3.63) is 0 Å². The Morgan fingerprint density at radius 3 is 2.12 bits per heavy atom. The first-order valence-corrected chi connectivity index (χ1v) is 6.19. The second kappa shape index (κ2) is 14.1. The summed E-state index contributed by atoms with van der Waals surface area (Å²) in [6, 6.07) is 0. The van der Waals surface area contributed by atoms with Crippen LogP contribution in [-0.2, 0) is 14.3 Å². The van der Waals surface area contributed by atoms with Gasteiger partial charge in [-0.3, -0.25) is 4.79 Å². The summed E-state index contributed by atoms with van der Waals surface area (Å²) >= 11 is 0. The van der Waals surface area contributed by atoms with Crippen molar-refractivity contribution in [3.63, 3.8) is 0 Å². The average Bonchev–Trinajstić information content (AvgIpc) is 2.33. The van der Waals surface area contributed by atoms with Crippen LogP contribution in [0.25, 0.3) is 0 Å². The molecule has 0 rings (SSSR count). The van der Waals surface area contributed by atoms with E-state index in [-0.39, 0.29) is 5.97 Å². The summed E-state index contributed by atoms with van der Waals surface area (Å²) in [6.45, 7) is 9.02. The first kappa shape index (κ1) is 17.5. The zero-order valence-corrected chi connectivity index (χ0v) is 11.0. The molecular weight excluding hydrogens is 204 g/mol. The highest BCUT2D eigenvalue weighted by molar-refractivity contribution is 5.69. The molecule has 0 saturated carbocycles. The molecule has 16 heavy (non-hydrogen) atoms. The van der Waals surface area contributed by atoms with E-state index in [1.165, 1.54) is 0 Å². The standard InChI is InChI=1S/C12H24O2.CH2O/c1-4-7-8-9-12(13)14-10-11(5-2)6-3;1-2/h11H,4-10H2,1-3H3;1H2. The van der Waals surface area contributed by atoms with Gasteiger partial charge in [0.1, 0.15) is 6.79 Å². The molecule has 0 aliphatic rings. The number of unbranched alkanes of at least 4 members (excludes halogenated alkanes) is 2. The van der Waals surface area contributed by atoms with E-state index in [9.17, 15) is 4.79 Å². The lowest BCUT2D eigenvalue weighted by atomic mass is 10.1. The van der Waals surface area contributed by atoms with Gasteiger partial charge >= 0.3 is 5.97 Å². The van der Waals surface area contributed by atoms with E-state index in [1.807, 2.05) is 6.79 Å². The molecule has 0 aromatic carbocycles. The molecule has 0 fully saturated rings. The molecule has 0 unspecified atom stereocenters. The van der Waals surface area contributed by atoms with Crippen molar-refractivity contribution in [3.8, 4) is 0 Å². The zero-order valence-electron chi connectivity index (χ0n) is 11.0. The molecular formula is C13H26O3. The highest BCUT2D eigenvalue weighted by atomic mass is 16.5. The smallest absolute Gasteiger partial charge is 0.305 e. The second-order valence-electron chi connectivity index (χ2n) is 3.82. The van der Waals surface area contributed by atoms with Crippen molar-refractivity contribution in [1.29, 1.82) is 0 Å². The van der Waals surface area contributed by atoms with E-state index in [0.717, 1.165) is 32.1 Å². The third-order valence-corrected chi connectivity index (χ3v) is 2.62. The Hall–Kier alpha value is -0.860. The van der Waals surface area contributed by atoms with E-state index in [0.29, 0.717) is 18.9 Å². The maximum absolute atomic E-state index is 11.2. The predicted octanol–water partition coefficient (Wildman–Crippen LogP) is 3.36. The van der Waals surface area contributed by atoms with Gasteiger partial charge in [0.2, 0.25) is 0 Å². The summed E-state index contributed by atoms with van der Waals surface area (Å²) in [5, 5.41) is 0. The Morgan fingerprint density at radius 1 is 1.12 bits per heavy atom. The fourth-order valence-electron chi connectivity index (χ4n) is 1.33. The van der Waals surface area contributed by atoms with E-state index in [1.54, 1.807) is 0 Å². The fraction of sp³-hybridized carbons (Fsp3) is 0.846. The normalized spacial score (nSPS) is 9.50. The molecule has 0 radical (unpaired) electrons. The minimum absolute atomic E-state index is 0.0228. The number of hydrogen-bond donors (Lipinski definition) is 0. The van der Waals surface area contributed by atoms with Crippen LogP contribution in [0.15, 0.2) is 0 Å². The van der Waals surface area contributed by atoms with Crippen LogP contribution < -0.4 is 0 Å². The summed E-state index contributed by atoms with van der Waals surface area (Å²) in [5.41, 5.74) is 0. The van der Waals surface area contributed by atoms with Crippen molar-refractivity contribution in [2.45, 2.75) is 59.3 Å². The van der Waals surface area contributed by atoms with Crippen LogP contribution in [0, 0.1) is 5.92 Å². The molecule has 3 heteroatoms. The molecule has 0 amide bonds. The van der Waals surface area contributed by atoms with E-state index >= 15 is 0 Å². The van der Waals surface area contributed by atoms with Crippen LogP contribution >= 0.6 is 0 Å². The summed E-state index contributed by atoms with van der Waals surface area (Å²) in [6.07, 6.45) is 6.03. The lowest BCUT2D eigenvalue weighted by Crippen LogP contribution is -2.12. The SMILES string of the molecule is C=O.CCCCCC(=O)OCC(CC)CC. The summed E-state index contributed by atoms with van der Waals surface area (Å²) in [7, 11) is 0. The molecule has 3 nitrogen and oxygen atoms in total. The highest BCUT2D eigenvalue weighted by Crippen LogP contribution is 2.09. The van der Waals surface area contributed by atoms with Crippen molar-refractivity contribution >= 4 is 12.8 Å². The molecule has 0 aliphatic carbocycles. The summed E-state index contributed by atoms with van der Waals surface area (Å²) < 4.78 is 5.19. The minimum atomic E-state index is -0.0228. The number of rotatable bonds is 8. The van der Waals surface area contributed by atoms with Gasteiger partial charge in [-0.1, -0.05) is 46.5 Å². The van der Waals surface area contributed by atoms with Gasteiger partial charge in [-0.15, -0.1) is 0 Å². The van der Waals surface area contributed by atoms with E-state index in [4.69, 9.17) is 9.53 Å². The maximum atomic E-state index is 11.2. The van der Waals surface area contributed by atoms with Crippen LogP contribution in [0.3, 0.4) is 0 Å². The van der Waals surface area contributed by atoms with Crippen molar-refractivity contribution in [2.75, 3.05) is 6.61 Å². The maximum Gasteiger partial charge on any atom is 0.305 e. The Kier molecular flexibility index (Phi) is 15.5. The quantitative estimate of drug-likeness (QED) is 0.474. The molecule has 0 saturated heterocycles. The molecule has 96 valence electrons. The predicted molar refractivity (Wildman–Crippen MR) is 66.3 cm³/mol. The monoisotopic (exact) mass is 230 g/mol. The first-order valence-electron chi connectivity index (χ1n) is 6.19. The van der Waals surface area contributed by atoms with Crippen LogP contribution in [0.4, 0.5) is 0 Å². The minimum Gasteiger partial charge on any atom is -0.465 e. The molecule has 0 atom stereocenters. The van der Waals surface area contributed by atoms with Crippen molar-refractivity contribution in [1.82, 2.24) is 0 Å². The number of ether oxygens (including phenoxy) is 1. The van der Waals surface area contributed by atoms with Gasteiger partial charge in [0, 0.05) is 6.42 Å². The van der Waals surface area contributed by atoms with E-state index < -0.39 is 0 Å². The van der Waals surface area contributed by atoms with Gasteiger partial charge in [0.05, 0.1) is 6.61 Å². The van der Waals surface area contributed by atoms with Gasteiger partial charge in [-0.05, 0) is 12.3 Å². The van der Waals surface area contributed by atoms with Gasteiger partial charge in [0.15, 0.2) is 0 Å². The number of esters is 1. The topological polar surface area (TPSA) is 43.4 Å². The molecule has 0 heterocycles. The molecule has 0 spiro atoms. The largest absolute Gasteiger partial charge is 0.465 e. The zero-order chi connectivity index (χ0) is 12.8. The van der Waals surface area contributed by atoms with E-state index in [2.05, 4.69) is 20.8 Å². The highest BCUT2D eigenvalue weighted by Gasteiger charge is 2.07.